The van der Waals surface area contributed by atoms with Crippen molar-refractivity contribution in [2.75, 3.05) is 26.5 Å². The number of hydrogen-bond donors (Lipinski definition) is 0. The van der Waals surface area contributed by atoms with Crippen LogP contribution in [0.1, 0.15) is 26.2 Å². The van der Waals surface area contributed by atoms with E-state index in [0.717, 1.165) is 19.4 Å². The fraction of sp³-hybridized carbons (Fsp3) is 0.500. The lowest BCUT2D eigenvalue weighted by Crippen LogP contribution is -2.42. The van der Waals surface area contributed by atoms with E-state index in [1.165, 1.54) is 18.2 Å². The lowest BCUT2D eigenvalue weighted by Gasteiger charge is -2.33. The van der Waals surface area contributed by atoms with Crippen LogP contribution in [-0.2, 0) is 4.79 Å². The average molecular weight is 377 g/mol. The number of piperidine rings is 1. The molecule has 0 spiro atoms. The highest BCUT2D eigenvalue weighted by molar-refractivity contribution is 7.99. The number of aromatic nitrogens is 2. The molecule has 0 aliphatic carbocycles. The van der Waals surface area contributed by atoms with Crippen LogP contribution in [0.15, 0.2) is 27.8 Å². The highest BCUT2D eigenvalue weighted by Crippen LogP contribution is 2.34. The van der Waals surface area contributed by atoms with E-state index in [0.29, 0.717) is 40.0 Å². The summed E-state index contributed by atoms with van der Waals surface area (Å²) in [5, 5.41) is 8.48. The van der Waals surface area contributed by atoms with Crippen LogP contribution in [0.2, 0.25) is 0 Å². The molecule has 0 saturated carbocycles. The summed E-state index contributed by atoms with van der Waals surface area (Å²) in [6.07, 6.45) is 3.32. The normalized spacial score (nSPS) is 17.2. The quantitative estimate of drug-likeness (QED) is 0.715. The number of ether oxygens (including phenoxy) is 2. The second kappa shape index (κ2) is 8.44. The highest BCUT2D eigenvalue weighted by Gasteiger charge is 2.24. The van der Waals surface area contributed by atoms with E-state index >= 15 is 0 Å². The van der Waals surface area contributed by atoms with Crippen molar-refractivity contribution in [3.05, 3.63) is 18.2 Å². The standard InChI is InChI=1S/C18H23N3O4S/c1-12-6-4-5-9-21(12)16(22)11-26-18-20-19-17(25-18)14-10-13(23-2)7-8-15(14)24-3/h7-8,10,12H,4-6,9,11H2,1-3H3. The number of amides is 1. The Hall–Kier alpha value is -2.22. The molecule has 1 aliphatic heterocycles. The van der Waals surface area contributed by atoms with Gasteiger partial charge in [-0.25, -0.2) is 0 Å². The molecule has 1 saturated heterocycles. The summed E-state index contributed by atoms with van der Waals surface area (Å²) >= 11 is 1.26. The lowest BCUT2D eigenvalue weighted by atomic mass is 10.0. The summed E-state index contributed by atoms with van der Waals surface area (Å²) in [6, 6.07) is 5.66. The number of methoxy groups -OCH3 is 2. The van der Waals surface area contributed by atoms with Crippen molar-refractivity contribution in [2.45, 2.75) is 37.5 Å². The molecule has 1 unspecified atom stereocenters. The smallest absolute Gasteiger partial charge is 0.277 e. The minimum absolute atomic E-state index is 0.112. The Morgan fingerprint density at radius 3 is 2.88 bits per heavy atom. The molecule has 1 aromatic heterocycles. The largest absolute Gasteiger partial charge is 0.497 e. The maximum Gasteiger partial charge on any atom is 0.277 e. The van der Waals surface area contributed by atoms with Crippen LogP contribution in [0.3, 0.4) is 0 Å². The second-order valence-electron chi connectivity index (χ2n) is 6.16. The van der Waals surface area contributed by atoms with E-state index in [9.17, 15) is 4.79 Å². The maximum atomic E-state index is 12.4. The first-order valence-corrected chi connectivity index (χ1v) is 9.59. The number of likely N-dealkylation sites (tertiary alicyclic amines) is 1. The number of rotatable bonds is 6. The molecule has 1 amide bonds. The van der Waals surface area contributed by atoms with E-state index in [2.05, 4.69) is 17.1 Å². The Kier molecular flexibility index (Phi) is 6.03. The van der Waals surface area contributed by atoms with Crippen LogP contribution in [0.25, 0.3) is 11.5 Å². The fourth-order valence-electron chi connectivity index (χ4n) is 3.03. The fourth-order valence-corrected chi connectivity index (χ4v) is 3.68. The Labute approximate surface area is 157 Å². The molecule has 1 fully saturated rings. The molecule has 3 rings (SSSR count). The third kappa shape index (κ3) is 4.12. The monoisotopic (exact) mass is 377 g/mol. The molecule has 1 atom stereocenters. The molecule has 2 aromatic rings. The molecule has 2 heterocycles. The Morgan fingerprint density at radius 2 is 2.15 bits per heavy atom. The van der Waals surface area contributed by atoms with Gasteiger partial charge in [-0.05, 0) is 44.4 Å². The molecule has 7 nitrogen and oxygen atoms in total. The van der Waals surface area contributed by atoms with Crippen LogP contribution in [-0.4, -0.2) is 53.6 Å². The van der Waals surface area contributed by atoms with Crippen molar-refractivity contribution in [1.29, 1.82) is 0 Å². The van der Waals surface area contributed by atoms with Gasteiger partial charge in [-0.3, -0.25) is 4.79 Å². The number of hydrogen-bond acceptors (Lipinski definition) is 7. The molecule has 8 heteroatoms. The summed E-state index contributed by atoms with van der Waals surface area (Å²) < 4.78 is 16.3. The molecule has 0 radical (unpaired) electrons. The maximum absolute atomic E-state index is 12.4. The SMILES string of the molecule is COc1ccc(OC)c(-c2nnc(SCC(=O)N3CCCCC3C)o2)c1. The number of thioether (sulfide) groups is 1. The molecule has 26 heavy (non-hydrogen) atoms. The van der Waals surface area contributed by atoms with Crippen molar-refractivity contribution in [2.24, 2.45) is 0 Å². The second-order valence-corrected chi connectivity index (χ2v) is 7.09. The lowest BCUT2D eigenvalue weighted by molar-refractivity contribution is -0.131. The first-order chi connectivity index (χ1) is 12.6. The van der Waals surface area contributed by atoms with Gasteiger partial charge in [0.1, 0.15) is 11.5 Å². The van der Waals surface area contributed by atoms with Gasteiger partial charge in [0.15, 0.2) is 0 Å². The van der Waals surface area contributed by atoms with Crippen LogP contribution in [0.5, 0.6) is 11.5 Å². The van der Waals surface area contributed by atoms with Crippen molar-refractivity contribution in [3.63, 3.8) is 0 Å². The third-order valence-electron chi connectivity index (χ3n) is 4.49. The zero-order valence-corrected chi connectivity index (χ0v) is 16.0. The van der Waals surface area contributed by atoms with Gasteiger partial charge >= 0.3 is 0 Å². The predicted octanol–water partition coefficient (Wildman–Crippen LogP) is 3.25. The van der Waals surface area contributed by atoms with E-state index < -0.39 is 0 Å². The van der Waals surface area contributed by atoms with Gasteiger partial charge in [-0.2, -0.15) is 0 Å². The van der Waals surface area contributed by atoms with Gasteiger partial charge in [-0.1, -0.05) is 11.8 Å². The summed E-state index contributed by atoms with van der Waals surface area (Å²) in [4.78, 5) is 14.4. The van der Waals surface area contributed by atoms with E-state index in [1.807, 2.05) is 4.90 Å². The first kappa shape index (κ1) is 18.6. The minimum Gasteiger partial charge on any atom is -0.497 e. The first-order valence-electron chi connectivity index (χ1n) is 8.60. The van der Waals surface area contributed by atoms with Crippen LogP contribution < -0.4 is 9.47 Å². The van der Waals surface area contributed by atoms with Crippen molar-refractivity contribution in [3.8, 4) is 23.0 Å². The number of carbonyl (C=O) groups excluding carboxylic acids is 1. The molecule has 140 valence electrons. The third-order valence-corrected chi connectivity index (χ3v) is 5.29. The Morgan fingerprint density at radius 1 is 1.31 bits per heavy atom. The summed E-state index contributed by atoms with van der Waals surface area (Å²) in [6.45, 7) is 2.93. The van der Waals surface area contributed by atoms with E-state index in [4.69, 9.17) is 13.9 Å². The van der Waals surface area contributed by atoms with Gasteiger partial charge in [0.25, 0.3) is 11.1 Å². The van der Waals surface area contributed by atoms with Gasteiger partial charge in [0.2, 0.25) is 5.91 Å². The topological polar surface area (TPSA) is 77.7 Å². The number of carbonyl (C=O) groups is 1. The molecule has 0 bridgehead atoms. The van der Waals surface area contributed by atoms with E-state index in [1.54, 1.807) is 32.4 Å². The average Bonchev–Trinajstić information content (AvgIpc) is 3.14. The number of benzene rings is 1. The Balaban J connectivity index is 1.67. The van der Waals surface area contributed by atoms with Gasteiger partial charge < -0.3 is 18.8 Å². The van der Waals surface area contributed by atoms with Crippen LogP contribution in [0.4, 0.5) is 0 Å². The van der Waals surface area contributed by atoms with Crippen molar-refractivity contribution in [1.82, 2.24) is 15.1 Å². The van der Waals surface area contributed by atoms with E-state index in [-0.39, 0.29) is 5.91 Å². The molecule has 1 aliphatic rings. The molecule has 1 aromatic carbocycles. The van der Waals surface area contributed by atoms with Crippen molar-refractivity contribution >= 4 is 17.7 Å². The van der Waals surface area contributed by atoms with Crippen LogP contribution >= 0.6 is 11.8 Å². The summed E-state index contributed by atoms with van der Waals surface area (Å²) in [5.74, 6) is 2.02. The van der Waals surface area contributed by atoms with Gasteiger partial charge in [-0.15, -0.1) is 10.2 Å². The number of nitrogens with zero attached hydrogens (tertiary/aromatic N) is 3. The highest BCUT2D eigenvalue weighted by atomic mass is 32.2. The summed E-state index contributed by atoms with van der Waals surface area (Å²) in [5.41, 5.74) is 0.655. The minimum atomic E-state index is 0.112. The summed E-state index contributed by atoms with van der Waals surface area (Å²) in [7, 11) is 3.17. The molecular formula is C18H23N3O4S. The predicted molar refractivity (Wildman–Crippen MR) is 98.6 cm³/mol. The van der Waals surface area contributed by atoms with Gasteiger partial charge in [0.05, 0.1) is 25.5 Å². The zero-order chi connectivity index (χ0) is 18.5. The van der Waals surface area contributed by atoms with Crippen LogP contribution in [0, 0.1) is 0 Å². The van der Waals surface area contributed by atoms with Gasteiger partial charge in [0, 0.05) is 12.6 Å². The Bertz CT molecular complexity index is 765. The molecular weight excluding hydrogens is 354 g/mol. The zero-order valence-electron chi connectivity index (χ0n) is 15.2. The molecule has 0 N–H and O–H groups in total. The van der Waals surface area contributed by atoms with Crippen molar-refractivity contribution < 1.29 is 18.7 Å².